The van der Waals surface area contributed by atoms with E-state index in [4.69, 9.17) is 32.5 Å². The third-order valence-corrected chi connectivity index (χ3v) is 7.55. The zero-order chi connectivity index (χ0) is 27.0. The smallest absolute Gasteiger partial charge is 0.295 e. The highest BCUT2D eigenvalue weighted by Gasteiger charge is 2.20. The summed E-state index contributed by atoms with van der Waals surface area (Å²) in [7, 11) is -9.14. The monoisotopic (exact) mass is 578 g/mol. The van der Waals surface area contributed by atoms with Crippen LogP contribution in [-0.4, -0.2) is 31.7 Å². The fourth-order valence-electron chi connectivity index (χ4n) is 3.46. The molecule has 12 heteroatoms. The highest BCUT2D eigenvalue weighted by atomic mass is 35.5. The van der Waals surface area contributed by atoms with E-state index < -0.39 is 25.1 Å². The molecule has 0 saturated heterocycles. The average Bonchev–Trinajstić information content (AvgIpc) is 2.84. The van der Waals surface area contributed by atoms with Gasteiger partial charge in [0.05, 0.1) is 9.92 Å². The molecule has 0 bridgehead atoms. The molecule has 190 valence electrons. The van der Waals surface area contributed by atoms with Crippen LogP contribution in [0.1, 0.15) is 15.9 Å². The fraction of sp³-hybridized carbons (Fsp3) is 0. The summed E-state index contributed by atoms with van der Waals surface area (Å²) in [5.41, 5.74) is 0.907. The van der Waals surface area contributed by atoms with Crippen LogP contribution >= 0.6 is 23.2 Å². The van der Waals surface area contributed by atoms with Gasteiger partial charge in [0.15, 0.2) is 5.78 Å². The zero-order valence-corrected chi connectivity index (χ0v) is 21.6. The van der Waals surface area contributed by atoms with Gasteiger partial charge in [-0.2, -0.15) is 16.8 Å². The Morgan fingerprint density at radius 2 is 1.32 bits per heavy atom. The minimum absolute atomic E-state index is 0.0721. The highest BCUT2D eigenvalue weighted by molar-refractivity contribution is 7.86. The molecule has 0 unspecified atom stereocenters. The molecule has 0 atom stereocenters. The van der Waals surface area contributed by atoms with E-state index in [-0.39, 0.29) is 43.9 Å². The summed E-state index contributed by atoms with van der Waals surface area (Å²) in [6.45, 7) is 0. The first-order valence-corrected chi connectivity index (χ1v) is 13.9. The van der Waals surface area contributed by atoms with Crippen LogP contribution < -0.4 is 4.74 Å². The lowest BCUT2D eigenvalue weighted by Gasteiger charge is -2.12. The summed E-state index contributed by atoms with van der Waals surface area (Å²) in [4.78, 5) is 11.9. The molecule has 8 nitrogen and oxygen atoms in total. The molecule has 0 spiro atoms. The van der Waals surface area contributed by atoms with Gasteiger partial charge in [0, 0.05) is 27.8 Å². The van der Waals surface area contributed by atoms with Crippen molar-refractivity contribution in [2.75, 3.05) is 0 Å². The molecule has 4 rings (SSSR count). The van der Waals surface area contributed by atoms with Gasteiger partial charge in [-0.25, -0.2) is 0 Å². The molecule has 0 heterocycles. The van der Waals surface area contributed by atoms with Gasteiger partial charge in [-0.3, -0.25) is 13.9 Å². The van der Waals surface area contributed by atoms with Gasteiger partial charge in [0.2, 0.25) is 0 Å². The number of rotatable bonds is 7. The molecule has 0 aliphatic rings. The van der Waals surface area contributed by atoms with Gasteiger partial charge in [-0.1, -0.05) is 35.3 Å². The van der Waals surface area contributed by atoms with E-state index in [1.54, 1.807) is 6.07 Å². The average molecular weight is 579 g/mol. The SMILES string of the molecule is O=C(c1ccc(Oc2ccc(-c3ccc(S(=O)(=O)O)cc3)c(S(=O)(=O)O)c2)cc1)c1cc(Cl)ccc1Cl. The van der Waals surface area contributed by atoms with Crippen molar-refractivity contribution < 1.29 is 35.5 Å². The van der Waals surface area contributed by atoms with Gasteiger partial charge in [0.25, 0.3) is 20.2 Å². The molecule has 0 radical (unpaired) electrons. The lowest BCUT2D eigenvalue weighted by Crippen LogP contribution is -2.03. The van der Waals surface area contributed by atoms with E-state index in [0.29, 0.717) is 10.6 Å². The van der Waals surface area contributed by atoms with Crippen LogP contribution in [0.3, 0.4) is 0 Å². The number of ether oxygens (including phenoxy) is 1. The summed E-state index contributed by atoms with van der Waals surface area (Å²) in [6, 6.07) is 19.3. The van der Waals surface area contributed by atoms with E-state index in [2.05, 4.69) is 0 Å². The number of hydrogen-bond acceptors (Lipinski definition) is 6. The minimum atomic E-state index is -4.71. The lowest BCUT2D eigenvalue weighted by molar-refractivity contribution is 0.103. The Bertz CT molecular complexity index is 1720. The molecular formula is C25H16Cl2O8S2. The minimum Gasteiger partial charge on any atom is -0.457 e. The topological polar surface area (TPSA) is 135 Å². The van der Waals surface area contributed by atoms with Crippen LogP contribution in [0, 0.1) is 0 Å². The highest BCUT2D eigenvalue weighted by Crippen LogP contribution is 2.33. The van der Waals surface area contributed by atoms with Crippen molar-refractivity contribution >= 4 is 49.2 Å². The first kappa shape index (κ1) is 26.8. The fourth-order valence-corrected chi connectivity index (χ4v) is 5.05. The Kier molecular flexibility index (Phi) is 7.43. The summed E-state index contributed by atoms with van der Waals surface area (Å²) in [6.07, 6.45) is 0. The van der Waals surface area contributed by atoms with Gasteiger partial charge in [0.1, 0.15) is 16.4 Å². The van der Waals surface area contributed by atoms with Crippen LogP contribution in [-0.2, 0) is 20.2 Å². The molecule has 37 heavy (non-hydrogen) atoms. The normalized spacial score (nSPS) is 11.8. The summed E-state index contributed by atoms with van der Waals surface area (Å²) in [5, 5.41) is 0.611. The van der Waals surface area contributed by atoms with Gasteiger partial charge in [-0.05, 0) is 72.3 Å². The molecule has 0 amide bonds. The summed E-state index contributed by atoms with van der Waals surface area (Å²) >= 11 is 12.1. The van der Waals surface area contributed by atoms with Crippen LogP contribution in [0.4, 0.5) is 0 Å². The Hall–Kier alpha value is -3.25. The molecule has 4 aromatic rings. The Morgan fingerprint density at radius 3 is 1.92 bits per heavy atom. The van der Waals surface area contributed by atoms with Crippen molar-refractivity contribution in [3.05, 3.63) is 106 Å². The molecule has 0 aromatic heterocycles. The van der Waals surface area contributed by atoms with Crippen molar-refractivity contribution in [3.63, 3.8) is 0 Å². The number of hydrogen-bond donors (Lipinski definition) is 2. The van der Waals surface area contributed by atoms with Crippen LogP contribution in [0.2, 0.25) is 10.0 Å². The van der Waals surface area contributed by atoms with Gasteiger partial charge < -0.3 is 4.74 Å². The van der Waals surface area contributed by atoms with Crippen LogP contribution in [0.25, 0.3) is 11.1 Å². The largest absolute Gasteiger partial charge is 0.457 e. The Morgan fingerprint density at radius 1 is 0.703 bits per heavy atom. The predicted molar refractivity (Wildman–Crippen MR) is 138 cm³/mol. The van der Waals surface area contributed by atoms with Crippen LogP contribution in [0.5, 0.6) is 11.5 Å². The Balaban J connectivity index is 1.61. The molecule has 4 aromatic carbocycles. The summed E-state index contributed by atoms with van der Waals surface area (Å²) in [5.74, 6) is 0.000238. The number of ketones is 1. The van der Waals surface area contributed by atoms with E-state index in [9.17, 15) is 26.2 Å². The van der Waals surface area contributed by atoms with E-state index in [0.717, 1.165) is 18.2 Å². The van der Waals surface area contributed by atoms with Crippen molar-refractivity contribution in [3.8, 4) is 22.6 Å². The Labute approximate surface area is 222 Å². The van der Waals surface area contributed by atoms with E-state index >= 15 is 0 Å². The second-order valence-electron chi connectivity index (χ2n) is 7.71. The maximum Gasteiger partial charge on any atom is 0.295 e. The molecule has 0 aliphatic heterocycles. The number of benzene rings is 4. The number of carbonyl (C=O) groups is 1. The second-order valence-corrected chi connectivity index (χ2v) is 11.4. The van der Waals surface area contributed by atoms with E-state index in [1.807, 2.05) is 0 Å². The van der Waals surface area contributed by atoms with Crippen molar-refractivity contribution in [2.24, 2.45) is 0 Å². The second kappa shape index (κ2) is 10.3. The lowest BCUT2D eigenvalue weighted by atomic mass is 10.0. The maximum absolute atomic E-state index is 12.8. The third-order valence-electron chi connectivity index (χ3n) is 5.22. The molecular weight excluding hydrogens is 563 g/mol. The van der Waals surface area contributed by atoms with Crippen molar-refractivity contribution in [1.29, 1.82) is 0 Å². The number of carbonyl (C=O) groups excluding carboxylic acids is 1. The van der Waals surface area contributed by atoms with Crippen LogP contribution in [0.15, 0.2) is 94.7 Å². The predicted octanol–water partition coefficient (Wildman–Crippen LogP) is 6.18. The van der Waals surface area contributed by atoms with Gasteiger partial charge >= 0.3 is 0 Å². The zero-order valence-electron chi connectivity index (χ0n) is 18.5. The molecule has 0 aliphatic carbocycles. The third kappa shape index (κ3) is 6.19. The van der Waals surface area contributed by atoms with E-state index in [1.165, 1.54) is 60.7 Å². The molecule has 0 saturated carbocycles. The summed E-state index contributed by atoms with van der Waals surface area (Å²) < 4.78 is 71.3. The molecule has 0 fully saturated rings. The van der Waals surface area contributed by atoms with Crippen molar-refractivity contribution in [1.82, 2.24) is 0 Å². The first-order valence-electron chi connectivity index (χ1n) is 10.3. The quantitative estimate of drug-likeness (QED) is 0.196. The standard InChI is InChI=1S/C25H16Cl2O8S2/c26-17-5-12-23(27)22(13-17)25(28)16-1-6-18(7-2-16)35-19-8-11-21(24(14-19)37(32,33)34)15-3-9-20(10-4-15)36(29,30)31/h1-14H,(H,29,30,31)(H,32,33,34). The first-order chi connectivity index (χ1) is 17.3. The van der Waals surface area contributed by atoms with Gasteiger partial charge in [-0.15, -0.1) is 0 Å². The molecule has 2 N–H and O–H groups in total. The number of halogens is 2. The maximum atomic E-state index is 12.8. The van der Waals surface area contributed by atoms with Crippen molar-refractivity contribution in [2.45, 2.75) is 9.79 Å².